The van der Waals surface area contributed by atoms with Crippen molar-refractivity contribution in [2.45, 2.75) is 13.3 Å². The van der Waals surface area contributed by atoms with Gasteiger partial charge in [-0.25, -0.2) is 9.66 Å². The molecule has 0 unspecified atom stereocenters. The molecule has 2 aromatic rings. The quantitative estimate of drug-likeness (QED) is 0.808. The lowest BCUT2D eigenvalue weighted by Gasteiger charge is -2.31. The summed E-state index contributed by atoms with van der Waals surface area (Å²) in [6.45, 7) is 5.49. The number of nitrogen functional groups attached to an aromatic ring is 1. The minimum atomic E-state index is 0.761. The molecule has 0 spiro atoms. The maximum absolute atomic E-state index is 5.82. The van der Waals surface area contributed by atoms with Crippen LogP contribution in [0.1, 0.15) is 12.7 Å². The summed E-state index contributed by atoms with van der Waals surface area (Å²) in [6.07, 6.45) is 0.909. The summed E-state index contributed by atoms with van der Waals surface area (Å²) in [5, 5.41) is 2.30. The molecule has 0 bridgehead atoms. The second-order valence-electron chi connectivity index (χ2n) is 4.51. The molecule has 5 nitrogen and oxygen atoms in total. The number of rotatable bonds is 2. The Morgan fingerprint density at radius 2 is 2.11 bits per heavy atom. The maximum Gasteiger partial charge on any atom is 0.128 e. The molecule has 5 heteroatoms. The van der Waals surface area contributed by atoms with E-state index in [1.165, 1.54) is 0 Å². The van der Waals surface area contributed by atoms with E-state index in [9.17, 15) is 0 Å². The first-order valence-electron chi connectivity index (χ1n) is 6.39. The van der Waals surface area contributed by atoms with Crippen molar-refractivity contribution in [3.05, 3.63) is 24.0 Å². The third kappa shape index (κ3) is 1.80. The molecular weight excluding hydrogens is 228 g/mol. The highest BCUT2D eigenvalue weighted by Crippen LogP contribution is 2.20. The summed E-state index contributed by atoms with van der Waals surface area (Å²) in [4.78, 5) is 4.67. The van der Waals surface area contributed by atoms with Gasteiger partial charge in [-0.1, -0.05) is 6.92 Å². The Kier molecular flexibility index (Phi) is 2.83. The van der Waals surface area contributed by atoms with Crippen LogP contribution < -0.4 is 10.7 Å². The molecule has 0 radical (unpaired) electrons. The number of morpholine rings is 1. The van der Waals surface area contributed by atoms with Crippen LogP contribution in [0.25, 0.3) is 11.0 Å². The number of benzene rings is 1. The van der Waals surface area contributed by atoms with Gasteiger partial charge in [-0.3, -0.25) is 0 Å². The van der Waals surface area contributed by atoms with E-state index < -0.39 is 0 Å². The van der Waals surface area contributed by atoms with E-state index in [-0.39, 0.29) is 0 Å². The van der Waals surface area contributed by atoms with E-state index in [0.29, 0.717) is 0 Å². The summed E-state index contributed by atoms with van der Waals surface area (Å²) in [5.74, 6) is 1.08. The van der Waals surface area contributed by atoms with Crippen LogP contribution >= 0.6 is 0 Å². The van der Waals surface area contributed by atoms with E-state index in [0.717, 1.165) is 55.3 Å². The highest BCUT2D eigenvalue weighted by atomic mass is 16.5. The Labute approximate surface area is 106 Å². The molecule has 1 aromatic carbocycles. The first-order valence-corrected chi connectivity index (χ1v) is 6.39. The van der Waals surface area contributed by atoms with E-state index in [1.54, 1.807) is 0 Å². The van der Waals surface area contributed by atoms with Gasteiger partial charge in [0.2, 0.25) is 0 Å². The second-order valence-corrected chi connectivity index (χ2v) is 4.51. The number of ether oxygens (including phenoxy) is 1. The number of nitrogens with two attached hydrogens (primary N) is 1. The summed E-state index contributed by atoms with van der Waals surface area (Å²) in [5.41, 5.74) is 8.68. The van der Waals surface area contributed by atoms with Crippen molar-refractivity contribution < 1.29 is 4.74 Å². The van der Waals surface area contributed by atoms with Crippen molar-refractivity contribution >= 4 is 16.7 Å². The van der Waals surface area contributed by atoms with E-state index in [2.05, 4.69) is 21.6 Å². The molecule has 0 atom stereocenters. The monoisotopic (exact) mass is 246 g/mol. The molecule has 1 fully saturated rings. The Morgan fingerprint density at radius 3 is 2.83 bits per heavy atom. The normalized spacial score (nSPS) is 16.4. The minimum Gasteiger partial charge on any atom is -0.399 e. The smallest absolute Gasteiger partial charge is 0.128 e. The molecule has 3 rings (SSSR count). The Morgan fingerprint density at radius 1 is 1.33 bits per heavy atom. The zero-order valence-corrected chi connectivity index (χ0v) is 10.6. The molecule has 0 amide bonds. The average molecular weight is 246 g/mol. The lowest BCUT2D eigenvalue weighted by atomic mass is 10.3. The molecule has 18 heavy (non-hydrogen) atoms. The lowest BCUT2D eigenvalue weighted by Crippen LogP contribution is -2.44. The fraction of sp³-hybridized carbons (Fsp3) is 0.462. The Bertz CT molecular complexity index is 557. The van der Waals surface area contributed by atoms with Crippen LogP contribution in [0.3, 0.4) is 0 Å². The van der Waals surface area contributed by atoms with Crippen molar-refractivity contribution in [3.8, 4) is 0 Å². The lowest BCUT2D eigenvalue weighted by molar-refractivity contribution is 0.111. The number of hydrogen-bond donors (Lipinski definition) is 1. The van der Waals surface area contributed by atoms with E-state index in [4.69, 9.17) is 10.5 Å². The SMILES string of the molecule is CCc1nc2cc(N)ccc2n1N1CCOCC1. The van der Waals surface area contributed by atoms with Gasteiger partial charge in [-0.2, -0.15) is 0 Å². The largest absolute Gasteiger partial charge is 0.399 e. The average Bonchev–Trinajstić information content (AvgIpc) is 2.77. The molecule has 96 valence electrons. The topological polar surface area (TPSA) is 56.3 Å². The van der Waals surface area contributed by atoms with Crippen molar-refractivity contribution in [3.63, 3.8) is 0 Å². The predicted molar refractivity (Wildman–Crippen MR) is 72.3 cm³/mol. The van der Waals surface area contributed by atoms with E-state index in [1.807, 2.05) is 18.2 Å². The second kappa shape index (κ2) is 4.49. The van der Waals surface area contributed by atoms with E-state index >= 15 is 0 Å². The number of fused-ring (bicyclic) bond motifs is 1. The molecule has 0 aliphatic carbocycles. The molecule has 2 heterocycles. The Balaban J connectivity index is 2.12. The van der Waals surface area contributed by atoms with Gasteiger partial charge in [0, 0.05) is 12.1 Å². The van der Waals surface area contributed by atoms with Crippen LogP contribution in [-0.4, -0.2) is 36.0 Å². The van der Waals surface area contributed by atoms with Gasteiger partial charge in [-0.05, 0) is 18.2 Å². The van der Waals surface area contributed by atoms with Crippen molar-refractivity contribution in [2.24, 2.45) is 0 Å². The minimum absolute atomic E-state index is 0.761. The predicted octanol–water partition coefficient (Wildman–Crippen LogP) is 1.15. The summed E-state index contributed by atoms with van der Waals surface area (Å²) >= 11 is 0. The van der Waals surface area contributed by atoms with Gasteiger partial charge in [-0.15, -0.1) is 0 Å². The highest BCUT2D eigenvalue weighted by molar-refractivity contribution is 5.80. The van der Waals surface area contributed by atoms with Gasteiger partial charge >= 0.3 is 0 Å². The number of imidazole rings is 1. The van der Waals surface area contributed by atoms with Gasteiger partial charge in [0.05, 0.1) is 37.3 Å². The molecule has 1 saturated heterocycles. The zero-order valence-electron chi connectivity index (χ0n) is 10.6. The van der Waals surface area contributed by atoms with Crippen LogP contribution in [-0.2, 0) is 11.2 Å². The van der Waals surface area contributed by atoms with Crippen molar-refractivity contribution in [1.29, 1.82) is 0 Å². The van der Waals surface area contributed by atoms with Gasteiger partial charge in [0.25, 0.3) is 0 Å². The number of anilines is 1. The van der Waals surface area contributed by atoms with Crippen LogP contribution in [0.5, 0.6) is 0 Å². The fourth-order valence-electron chi connectivity index (χ4n) is 2.43. The number of nitrogens with zero attached hydrogens (tertiary/aromatic N) is 3. The number of aromatic nitrogens is 2. The first kappa shape index (κ1) is 11.3. The van der Waals surface area contributed by atoms with Crippen molar-refractivity contribution in [2.75, 3.05) is 37.0 Å². The third-order valence-corrected chi connectivity index (χ3v) is 3.31. The molecule has 1 aliphatic heterocycles. The maximum atomic E-state index is 5.82. The molecule has 0 saturated carbocycles. The van der Waals surface area contributed by atoms with Gasteiger partial charge < -0.3 is 15.5 Å². The van der Waals surface area contributed by atoms with Crippen LogP contribution in [0.4, 0.5) is 5.69 Å². The third-order valence-electron chi connectivity index (χ3n) is 3.31. The summed E-state index contributed by atoms with van der Waals surface area (Å²) in [6, 6.07) is 5.91. The summed E-state index contributed by atoms with van der Waals surface area (Å²) in [7, 11) is 0. The fourth-order valence-corrected chi connectivity index (χ4v) is 2.43. The molecule has 1 aliphatic rings. The molecular formula is C13H18N4O. The van der Waals surface area contributed by atoms with Crippen LogP contribution in [0.15, 0.2) is 18.2 Å². The van der Waals surface area contributed by atoms with Crippen LogP contribution in [0.2, 0.25) is 0 Å². The van der Waals surface area contributed by atoms with Gasteiger partial charge in [0.15, 0.2) is 0 Å². The molecule has 1 aromatic heterocycles. The van der Waals surface area contributed by atoms with Crippen molar-refractivity contribution in [1.82, 2.24) is 9.66 Å². The first-order chi connectivity index (χ1) is 8.79. The highest BCUT2D eigenvalue weighted by Gasteiger charge is 2.17. The van der Waals surface area contributed by atoms with Crippen LogP contribution in [0, 0.1) is 0 Å². The number of aryl methyl sites for hydroxylation is 1. The molecule has 2 N–H and O–H groups in total. The zero-order chi connectivity index (χ0) is 12.5. The standard InChI is InChI=1S/C13H18N4O/c1-2-13-15-11-9-10(14)3-4-12(11)17(13)16-5-7-18-8-6-16/h3-4,9H,2,5-8,14H2,1H3. The summed E-state index contributed by atoms with van der Waals surface area (Å²) < 4.78 is 7.63. The number of hydrogen-bond acceptors (Lipinski definition) is 4. The Hall–Kier alpha value is -1.75. The van der Waals surface area contributed by atoms with Gasteiger partial charge in [0.1, 0.15) is 5.82 Å².